The fraction of sp³-hybridized carbons (Fsp3) is 0.333. The summed E-state index contributed by atoms with van der Waals surface area (Å²) in [6, 6.07) is 12.4. The fourth-order valence-electron chi connectivity index (χ4n) is 3.09. The normalized spacial score (nSPS) is 18.5. The quantitative estimate of drug-likeness (QED) is 0.361. The molecule has 1 heterocycles. The molecule has 0 aromatic heterocycles. The van der Waals surface area contributed by atoms with Crippen molar-refractivity contribution in [3.05, 3.63) is 74.8 Å². The van der Waals surface area contributed by atoms with Crippen molar-refractivity contribution >= 4 is 40.9 Å². The highest BCUT2D eigenvalue weighted by Crippen LogP contribution is 2.43. The Morgan fingerprint density at radius 3 is 2.60 bits per heavy atom. The van der Waals surface area contributed by atoms with Crippen LogP contribution in [-0.4, -0.2) is 40.1 Å². The van der Waals surface area contributed by atoms with Gasteiger partial charge in [0, 0.05) is 17.4 Å². The highest BCUT2D eigenvalue weighted by atomic mass is 35.5. The van der Waals surface area contributed by atoms with E-state index in [0.29, 0.717) is 5.75 Å². The first-order chi connectivity index (χ1) is 14.3. The van der Waals surface area contributed by atoms with Gasteiger partial charge in [-0.15, -0.1) is 11.8 Å². The van der Waals surface area contributed by atoms with E-state index in [1.165, 1.54) is 28.8 Å². The minimum Gasteiger partial charge on any atom is -0.464 e. The maximum atomic E-state index is 13.4. The van der Waals surface area contributed by atoms with E-state index in [2.05, 4.69) is 0 Å². The molecule has 0 saturated carbocycles. The second kappa shape index (κ2) is 9.49. The van der Waals surface area contributed by atoms with Crippen molar-refractivity contribution in [2.75, 3.05) is 12.4 Å². The lowest BCUT2D eigenvalue weighted by Crippen LogP contribution is -2.44. The molecule has 1 aliphatic rings. The van der Waals surface area contributed by atoms with Gasteiger partial charge >= 0.3 is 5.97 Å². The van der Waals surface area contributed by atoms with Crippen LogP contribution in [0.1, 0.15) is 35.1 Å². The average molecular weight is 449 g/mol. The predicted molar refractivity (Wildman–Crippen MR) is 116 cm³/mol. The van der Waals surface area contributed by atoms with Gasteiger partial charge in [0.15, 0.2) is 0 Å². The molecule has 7 nitrogen and oxygen atoms in total. The van der Waals surface area contributed by atoms with E-state index in [0.717, 1.165) is 11.6 Å². The molecular weight excluding hydrogens is 428 g/mol. The zero-order valence-electron chi connectivity index (χ0n) is 16.5. The Morgan fingerprint density at radius 2 is 1.97 bits per heavy atom. The van der Waals surface area contributed by atoms with Crippen molar-refractivity contribution in [2.45, 2.75) is 25.3 Å². The summed E-state index contributed by atoms with van der Waals surface area (Å²) in [4.78, 5) is 38.2. The van der Waals surface area contributed by atoms with Crippen molar-refractivity contribution in [1.29, 1.82) is 0 Å². The Morgan fingerprint density at radius 1 is 1.27 bits per heavy atom. The minimum atomic E-state index is -0.791. The van der Waals surface area contributed by atoms with Crippen LogP contribution in [0.2, 0.25) is 5.02 Å². The predicted octanol–water partition coefficient (Wildman–Crippen LogP) is 4.70. The number of nitro benzene ring substituents is 1. The molecule has 2 unspecified atom stereocenters. The number of thioether (sulfide) groups is 1. The third kappa shape index (κ3) is 4.76. The summed E-state index contributed by atoms with van der Waals surface area (Å²) in [5, 5.41) is 10.8. The van der Waals surface area contributed by atoms with E-state index in [-0.39, 0.29) is 28.8 Å². The Balaban J connectivity index is 1.97. The Labute approximate surface area is 183 Å². The summed E-state index contributed by atoms with van der Waals surface area (Å²) >= 11 is 7.34. The molecule has 0 aliphatic carbocycles. The van der Waals surface area contributed by atoms with Crippen LogP contribution in [0.5, 0.6) is 0 Å². The number of hydrogen-bond acceptors (Lipinski definition) is 6. The molecule has 1 aliphatic heterocycles. The van der Waals surface area contributed by atoms with Crippen LogP contribution < -0.4 is 0 Å². The Kier molecular flexibility index (Phi) is 6.99. The molecule has 158 valence electrons. The molecule has 0 spiro atoms. The number of esters is 1. The SMILES string of the molecule is CC(C)COC(=O)C1CSC(c2ccccc2)N1C(=O)c1ccc(Cl)c([N+](=O)[O-])c1. The van der Waals surface area contributed by atoms with Gasteiger partial charge in [-0.25, -0.2) is 4.79 Å². The fourth-order valence-corrected chi connectivity index (χ4v) is 4.69. The molecule has 2 atom stereocenters. The van der Waals surface area contributed by atoms with E-state index in [4.69, 9.17) is 16.3 Å². The van der Waals surface area contributed by atoms with Gasteiger partial charge in [-0.05, 0) is 23.6 Å². The molecular formula is C21H21ClN2O5S. The average Bonchev–Trinajstić information content (AvgIpc) is 3.17. The van der Waals surface area contributed by atoms with Crippen LogP contribution in [0.3, 0.4) is 0 Å². The third-order valence-corrected chi connectivity index (χ3v) is 6.18. The monoisotopic (exact) mass is 448 g/mol. The van der Waals surface area contributed by atoms with Crippen LogP contribution in [0.4, 0.5) is 5.69 Å². The van der Waals surface area contributed by atoms with Gasteiger partial charge < -0.3 is 9.64 Å². The van der Waals surface area contributed by atoms with Crippen molar-refractivity contribution in [1.82, 2.24) is 4.90 Å². The van der Waals surface area contributed by atoms with E-state index < -0.39 is 28.2 Å². The number of amides is 1. The van der Waals surface area contributed by atoms with Crippen LogP contribution in [0.15, 0.2) is 48.5 Å². The molecule has 1 amide bonds. The third-order valence-electron chi connectivity index (χ3n) is 4.54. The number of ether oxygens (including phenoxy) is 1. The lowest BCUT2D eigenvalue weighted by Gasteiger charge is -2.29. The topological polar surface area (TPSA) is 89.8 Å². The van der Waals surface area contributed by atoms with Gasteiger partial charge in [-0.1, -0.05) is 55.8 Å². The van der Waals surface area contributed by atoms with Gasteiger partial charge in [0.25, 0.3) is 11.6 Å². The van der Waals surface area contributed by atoms with Crippen LogP contribution in [0, 0.1) is 16.0 Å². The first-order valence-electron chi connectivity index (χ1n) is 9.39. The second-order valence-electron chi connectivity index (χ2n) is 7.27. The number of rotatable bonds is 6. The van der Waals surface area contributed by atoms with E-state index >= 15 is 0 Å². The van der Waals surface area contributed by atoms with E-state index in [1.807, 2.05) is 44.2 Å². The van der Waals surface area contributed by atoms with Crippen LogP contribution >= 0.6 is 23.4 Å². The lowest BCUT2D eigenvalue weighted by atomic mass is 10.1. The van der Waals surface area contributed by atoms with Gasteiger partial charge in [0.05, 0.1) is 11.5 Å². The Hall–Kier alpha value is -2.58. The Bertz CT molecular complexity index is 954. The van der Waals surface area contributed by atoms with Crippen molar-refractivity contribution in [3.8, 4) is 0 Å². The summed E-state index contributed by atoms with van der Waals surface area (Å²) in [6.45, 7) is 4.11. The molecule has 3 rings (SSSR count). The molecule has 1 saturated heterocycles. The molecule has 2 aromatic carbocycles. The summed E-state index contributed by atoms with van der Waals surface area (Å²) < 4.78 is 5.39. The van der Waals surface area contributed by atoms with Crippen molar-refractivity contribution < 1.29 is 19.2 Å². The number of carbonyl (C=O) groups is 2. The number of nitrogens with zero attached hydrogens (tertiary/aromatic N) is 2. The summed E-state index contributed by atoms with van der Waals surface area (Å²) in [5.74, 6) is -0.430. The number of hydrogen-bond donors (Lipinski definition) is 0. The zero-order chi connectivity index (χ0) is 21.8. The summed E-state index contributed by atoms with van der Waals surface area (Å²) in [5.41, 5.74) is 0.597. The van der Waals surface area contributed by atoms with E-state index in [9.17, 15) is 19.7 Å². The summed E-state index contributed by atoms with van der Waals surface area (Å²) in [6.07, 6.45) is 0. The largest absolute Gasteiger partial charge is 0.464 e. The van der Waals surface area contributed by atoms with Gasteiger partial charge in [-0.2, -0.15) is 0 Å². The highest BCUT2D eigenvalue weighted by Gasteiger charge is 2.43. The highest BCUT2D eigenvalue weighted by molar-refractivity contribution is 7.99. The lowest BCUT2D eigenvalue weighted by molar-refractivity contribution is -0.384. The zero-order valence-corrected chi connectivity index (χ0v) is 18.1. The van der Waals surface area contributed by atoms with Gasteiger partial charge in [-0.3, -0.25) is 14.9 Å². The number of nitro groups is 1. The maximum Gasteiger partial charge on any atom is 0.329 e. The number of carbonyl (C=O) groups excluding carboxylic acids is 2. The first-order valence-corrected chi connectivity index (χ1v) is 10.8. The minimum absolute atomic E-state index is 0.0557. The maximum absolute atomic E-state index is 13.4. The van der Waals surface area contributed by atoms with E-state index in [1.54, 1.807) is 0 Å². The molecule has 30 heavy (non-hydrogen) atoms. The van der Waals surface area contributed by atoms with Gasteiger partial charge in [0.2, 0.25) is 0 Å². The first kappa shape index (κ1) is 22.1. The molecule has 1 fully saturated rings. The number of halogens is 1. The molecule has 9 heteroatoms. The van der Waals surface area contributed by atoms with Crippen LogP contribution in [-0.2, 0) is 9.53 Å². The van der Waals surface area contributed by atoms with Crippen molar-refractivity contribution in [2.24, 2.45) is 5.92 Å². The summed E-state index contributed by atoms with van der Waals surface area (Å²) in [7, 11) is 0. The number of benzene rings is 2. The van der Waals surface area contributed by atoms with Gasteiger partial charge in [0.1, 0.15) is 16.4 Å². The van der Waals surface area contributed by atoms with Crippen molar-refractivity contribution in [3.63, 3.8) is 0 Å². The smallest absolute Gasteiger partial charge is 0.329 e. The van der Waals surface area contributed by atoms with Crippen LogP contribution in [0.25, 0.3) is 0 Å². The standard InChI is InChI=1S/C21H21ClN2O5S/c1-13(2)11-29-21(26)18-12-30-20(14-6-4-3-5-7-14)23(18)19(25)15-8-9-16(22)17(10-15)24(27)28/h3-10,13,18,20H,11-12H2,1-2H3. The molecule has 0 bridgehead atoms. The molecule has 2 aromatic rings. The molecule has 0 radical (unpaired) electrons. The second-order valence-corrected chi connectivity index (χ2v) is 8.79. The molecule has 0 N–H and O–H groups in total.